The van der Waals surface area contributed by atoms with Crippen LogP contribution in [0.4, 0.5) is 5.69 Å². The van der Waals surface area contributed by atoms with Crippen molar-refractivity contribution in [1.82, 2.24) is 4.90 Å². The Kier molecular flexibility index (Phi) is 5.95. The molecule has 1 heterocycles. The van der Waals surface area contributed by atoms with Crippen LogP contribution >= 0.6 is 0 Å². The molecular formula is C16H23N3O4S. The van der Waals surface area contributed by atoms with Crippen molar-refractivity contribution in [2.24, 2.45) is 5.73 Å². The van der Waals surface area contributed by atoms with Crippen molar-refractivity contribution in [2.45, 2.75) is 36.6 Å². The minimum atomic E-state index is -3.25. The number of piperidine rings is 1. The number of sulfone groups is 1. The van der Waals surface area contributed by atoms with Gasteiger partial charge in [-0.2, -0.15) is 0 Å². The predicted molar refractivity (Wildman–Crippen MR) is 91.2 cm³/mol. The molecule has 0 radical (unpaired) electrons. The molecule has 0 bridgehead atoms. The van der Waals surface area contributed by atoms with Gasteiger partial charge < -0.3 is 11.1 Å². The lowest BCUT2D eigenvalue weighted by molar-refractivity contribution is -0.122. The lowest BCUT2D eigenvalue weighted by atomic mass is 9.99. The zero-order chi connectivity index (χ0) is 17.7. The molecule has 3 N–H and O–H groups in total. The van der Waals surface area contributed by atoms with Gasteiger partial charge in [0.15, 0.2) is 9.84 Å². The summed E-state index contributed by atoms with van der Waals surface area (Å²) in [5.41, 5.74) is 5.81. The van der Waals surface area contributed by atoms with Gasteiger partial charge in [-0.1, -0.05) is 6.42 Å². The number of primary amides is 1. The van der Waals surface area contributed by atoms with Crippen molar-refractivity contribution in [3.8, 4) is 0 Å². The number of nitrogens with two attached hydrogens (primary N) is 1. The number of hydrogen-bond acceptors (Lipinski definition) is 5. The highest BCUT2D eigenvalue weighted by atomic mass is 32.2. The predicted octanol–water partition coefficient (Wildman–Crippen LogP) is 0.759. The molecule has 2 rings (SSSR count). The van der Waals surface area contributed by atoms with E-state index in [-0.39, 0.29) is 35.7 Å². The topological polar surface area (TPSA) is 110 Å². The number of carbonyl (C=O) groups is 2. The zero-order valence-corrected chi connectivity index (χ0v) is 14.5. The molecule has 1 saturated heterocycles. The van der Waals surface area contributed by atoms with E-state index in [1.54, 1.807) is 12.1 Å². The van der Waals surface area contributed by atoms with Crippen LogP contribution in [0.1, 0.15) is 25.7 Å². The highest BCUT2D eigenvalue weighted by molar-refractivity contribution is 7.90. The molecule has 1 unspecified atom stereocenters. The SMILES string of the molecule is CS(=O)(=O)c1ccc(NC(=O)CN2CCCCC2CC(N)=O)cc1. The molecule has 8 heteroatoms. The number of nitrogens with zero attached hydrogens (tertiary/aromatic N) is 1. The van der Waals surface area contributed by atoms with Crippen LogP contribution < -0.4 is 11.1 Å². The van der Waals surface area contributed by atoms with Crippen molar-refractivity contribution in [3.63, 3.8) is 0 Å². The first-order valence-electron chi connectivity index (χ1n) is 7.88. The molecule has 1 aliphatic rings. The highest BCUT2D eigenvalue weighted by Crippen LogP contribution is 2.19. The summed E-state index contributed by atoms with van der Waals surface area (Å²) in [6.45, 7) is 0.949. The summed E-state index contributed by atoms with van der Waals surface area (Å²) in [5, 5.41) is 2.75. The van der Waals surface area contributed by atoms with E-state index < -0.39 is 9.84 Å². The molecule has 1 aliphatic heterocycles. The summed E-state index contributed by atoms with van der Waals surface area (Å²) in [7, 11) is -3.25. The molecule has 2 amide bonds. The Morgan fingerprint density at radius 2 is 1.92 bits per heavy atom. The van der Waals surface area contributed by atoms with Gasteiger partial charge in [0.1, 0.15) is 0 Å². The van der Waals surface area contributed by atoms with Crippen molar-refractivity contribution < 1.29 is 18.0 Å². The first-order chi connectivity index (χ1) is 11.3. The van der Waals surface area contributed by atoms with Crippen molar-refractivity contribution in [2.75, 3.05) is 24.7 Å². The Morgan fingerprint density at radius 3 is 2.50 bits per heavy atom. The van der Waals surface area contributed by atoms with E-state index in [4.69, 9.17) is 5.73 Å². The Bertz CT molecular complexity index is 701. The van der Waals surface area contributed by atoms with Crippen molar-refractivity contribution in [3.05, 3.63) is 24.3 Å². The molecule has 1 aromatic rings. The maximum Gasteiger partial charge on any atom is 0.238 e. The van der Waals surface area contributed by atoms with Crippen LogP contribution in [0.5, 0.6) is 0 Å². The van der Waals surface area contributed by atoms with E-state index >= 15 is 0 Å². The Labute approximate surface area is 142 Å². The lowest BCUT2D eigenvalue weighted by Crippen LogP contribution is -2.45. The summed E-state index contributed by atoms with van der Waals surface area (Å²) >= 11 is 0. The molecule has 0 aliphatic carbocycles. The van der Waals surface area contributed by atoms with Gasteiger partial charge in [0.05, 0.1) is 11.4 Å². The summed E-state index contributed by atoms with van der Waals surface area (Å²) in [5.74, 6) is -0.554. The number of benzene rings is 1. The molecule has 0 aromatic heterocycles. The molecular weight excluding hydrogens is 330 g/mol. The second-order valence-corrected chi connectivity index (χ2v) is 8.15. The number of amides is 2. The molecule has 0 saturated carbocycles. The highest BCUT2D eigenvalue weighted by Gasteiger charge is 2.25. The Hall–Kier alpha value is -1.93. The van der Waals surface area contributed by atoms with Gasteiger partial charge in [-0.05, 0) is 43.7 Å². The maximum atomic E-state index is 12.2. The average Bonchev–Trinajstić information content (AvgIpc) is 2.48. The van der Waals surface area contributed by atoms with Crippen LogP contribution in [-0.2, 0) is 19.4 Å². The normalized spacial score (nSPS) is 19.0. The van der Waals surface area contributed by atoms with Crippen molar-refractivity contribution >= 4 is 27.3 Å². The van der Waals surface area contributed by atoms with Gasteiger partial charge in [-0.3, -0.25) is 14.5 Å². The fraction of sp³-hybridized carbons (Fsp3) is 0.500. The van der Waals surface area contributed by atoms with Crippen LogP contribution in [0.2, 0.25) is 0 Å². The van der Waals surface area contributed by atoms with E-state index in [1.807, 2.05) is 4.90 Å². The number of hydrogen-bond donors (Lipinski definition) is 2. The average molecular weight is 353 g/mol. The number of likely N-dealkylation sites (tertiary alicyclic amines) is 1. The third kappa shape index (κ3) is 5.31. The molecule has 1 atom stereocenters. The Balaban J connectivity index is 1.95. The Morgan fingerprint density at radius 1 is 1.25 bits per heavy atom. The number of nitrogens with one attached hydrogen (secondary N) is 1. The third-order valence-corrected chi connectivity index (χ3v) is 5.23. The fourth-order valence-corrected chi connectivity index (χ4v) is 3.53. The molecule has 1 aromatic carbocycles. The van der Waals surface area contributed by atoms with E-state index in [9.17, 15) is 18.0 Å². The van der Waals surface area contributed by atoms with Crippen LogP contribution in [0.15, 0.2) is 29.2 Å². The molecule has 132 valence electrons. The summed E-state index contributed by atoms with van der Waals surface area (Å²) < 4.78 is 22.8. The van der Waals surface area contributed by atoms with Crippen LogP contribution in [-0.4, -0.2) is 50.5 Å². The number of anilines is 1. The monoisotopic (exact) mass is 353 g/mol. The number of rotatable bonds is 6. The quantitative estimate of drug-likeness (QED) is 0.784. The van der Waals surface area contributed by atoms with E-state index in [0.717, 1.165) is 32.1 Å². The standard InChI is InChI=1S/C16H23N3O4S/c1-24(22,23)14-7-5-12(6-8-14)18-16(21)11-19-9-3-2-4-13(19)10-15(17)20/h5-8,13H,2-4,9-11H2,1H3,(H2,17,20)(H,18,21). The van der Waals surface area contributed by atoms with Crippen LogP contribution in [0, 0.1) is 0 Å². The second-order valence-electron chi connectivity index (χ2n) is 6.14. The van der Waals surface area contributed by atoms with Gasteiger partial charge in [0.25, 0.3) is 0 Å². The van der Waals surface area contributed by atoms with Gasteiger partial charge in [0.2, 0.25) is 11.8 Å². The number of carbonyl (C=O) groups excluding carboxylic acids is 2. The maximum absolute atomic E-state index is 12.2. The van der Waals surface area contributed by atoms with Gasteiger partial charge in [0, 0.05) is 24.4 Å². The largest absolute Gasteiger partial charge is 0.370 e. The molecule has 0 spiro atoms. The van der Waals surface area contributed by atoms with Gasteiger partial charge in [-0.25, -0.2) is 8.42 Å². The fourth-order valence-electron chi connectivity index (χ4n) is 2.90. The first kappa shape index (κ1) is 18.4. The van der Waals surface area contributed by atoms with Crippen LogP contribution in [0.25, 0.3) is 0 Å². The summed E-state index contributed by atoms with van der Waals surface area (Å²) in [6.07, 6.45) is 4.28. The van der Waals surface area contributed by atoms with Crippen LogP contribution in [0.3, 0.4) is 0 Å². The van der Waals surface area contributed by atoms with Gasteiger partial charge in [-0.15, -0.1) is 0 Å². The zero-order valence-electron chi connectivity index (χ0n) is 13.7. The smallest absolute Gasteiger partial charge is 0.238 e. The minimum absolute atomic E-state index is 0.00890. The first-order valence-corrected chi connectivity index (χ1v) is 9.77. The van der Waals surface area contributed by atoms with E-state index in [0.29, 0.717) is 5.69 Å². The van der Waals surface area contributed by atoms with Crippen molar-refractivity contribution in [1.29, 1.82) is 0 Å². The minimum Gasteiger partial charge on any atom is -0.370 e. The molecule has 1 fully saturated rings. The van der Waals surface area contributed by atoms with E-state index in [1.165, 1.54) is 12.1 Å². The van der Waals surface area contributed by atoms with E-state index in [2.05, 4.69) is 5.32 Å². The second kappa shape index (κ2) is 7.76. The molecule has 7 nitrogen and oxygen atoms in total. The van der Waals surface area contributed by atoms with Gasteiger partial charge >= 0.3 is 0 Å². The summed E-state index contributed by atoms with van der Waals surface area (Å²) in [4.78, 5) is 25.5. The third-order valence-electron chi connectivity index (χ3n) is 4.10. The summed E-state index contributed by atoms with van der Waals surface area (Å²) in [6, 6.07) is 6.05. The lowest BCUT2D eigenvalue weighted by Gasteiger charge is -2.34. The molecule has 24 heavy (non-hydrogen) atoms.